The van der Waals surface area contributed by atoms with E-state index >= 15 is 0 Å². The Balaban J connectivity index is 2.85. The molecule has 0 radical (unpaired) electrons. The van der Waals surface area contributed by atoms with Crippen LogP contribution >= 0.6 is 0 Å². The van der Waals surface area contributed by atoms with Crippen molar-refractivity contribution in [3.63, 3.8) is 0 Å². The molecule has 0 saturated heterocycles. The Bertz CT molecular complexity index is 83.0. The lowest BCUT2D eigenvalue weighted by atomic mass is 10.7. The van der Waals surface area contributed by atoms with Gasteiger partial charge in [0.15, 0.2) is 0 Å². The summed E-state index contributed by atoms with van der Waals surface area (Å²) in [5.41, 5.74) is 0. The molecule has 0 aromatic carbocycles. The van der Waals surface area contributed by atoms with Gasteiger partial charge in [0.05, 0.1) is 6.73 Å². The van der Waals surface area contributed by atoms with E-state index in [-0.39, 0.29) is 0 Å². The monoisotopic (exact) mass is 113 g/mol. The zero-order valence-corrected chi connectivity index (χ0v) is 5.35. The van der Waals surface area contributed by atoms with Crippen LogP contribution in [0.1, 0.15) is 0 Å². The summed E-state index contributed by atoms with van der Waals surface area (Å²) in [7, 11) is 3.85. The average molecular weight is 113 g/mol. The molecule has 0 aromatic rings. The molecule has 0 fully saturated rings. The van der Waals surface area contributed by atoms with Crippen LogP contribution in [0.3, 0.4) is 0 Å². The molecular weight excluding hydrogens is 102 g/mol. The lowest BCUT2D eigenvalue weighted by Gasteiger charge is -2.06. The predicted molar refractivity (Wildman–Crippen MR) is 33.3 cm³/mol. The number of hydrogen-bond donors (Lipinski definition) is 0. The van der Waals surface area contributed by atoms with Gasteiger partial charge in [0.1, 0.15) is 6.61 Å². The van der Waals surface area contributed by atoms with E-state index in [0.29, 0.717) is 13.3 Å². The third kappa shape index (κ3) is 5.48. The van der Waals surface area contributed by atoms with Gasteiger partial charge in [-0.25, -0.2) is 0 Å². The van der Waals surface area contributed by atoms with Crippen molar-refractivity contribution in [2.75, 3.05) is 27.4 Å². The number of terminal acetylenes is 1. The van der Waals surface area contributed by atoms with Crippen LogP contribution in [-0.4, -0.2) is 32.3 Å². The molecule has 2 nitrogen and oxygen atoms in total. The van der Waals surface area contributed by atoms with Gasteiger partial charge in [0.25, 0.3) is 0 Å². The van der Waals surface area contributed by atoms with E-state index in [2.05, 4.69) is 5.92 Å². The Labute approximate surface area is 50.4 Å². The summed E-state index contributed by atoms with van der Waals surface area (Å²) in [5, 5.41) is 0. The van der Waals surface area contributed by atoms with E-state index in [9.17, 15) is 0 Å². The standard InChI is InChI=1S/C6H11NO/c1-4-5-8-6-7(2)3/h1H,5-6H2,2-3H3. The van der Waals surface area contributed by atoms with Gasteiger partial charge in [-0.2, -0.15) is 0 Å². The summed E-state index contributed by atoms with van der Waals surface area (Å²) in [5.74, 6) is 2.37. The lowest BCUT2D eigenvalue weighted by Crippen LogP contribution is -2.15. The highest BCUT2D eigenvalue weighted by atomic mass is 16.5. The van der Waals surface area contributed by atoms with Crippen molar-refractivity contribution >= 4 is 0 Å². The second-order valence-corrected chi connectivity index (χ2v) is 1.76. The summed E-state index contributed by atoms with van der Waals surface area (Å²) in [6.07, 6.45) is 4.92. The number of rotatable bonds is 3. The minimum Gasteiger partial charge on any atom is -0.353 e. The van der Waals surface area contributed by atoms with Crippen molar-refractivity contribution in [3.05, 3.63) is 0 Å². The molecule has 0 unspecified atom stereocenters. The molecule has 0 rings (SSSR count). The van der Waals surface area contributed by atoms with Crippen LogP contribution in [0.15, 0.2) is 0 Å². The summed E-state index contributed by atoms with van der Waals surface area (Å²) >= 11 is 0. The van der Waals surface area contributed by atoms with Gasteiger partial charge in [-0.15, -0.1) is 6.42 Å². The SMILES string of the molecule is C#CCOCN(C)C. The molecule has 0 aliphatic carbocycles. The molecule has 0 heterocycles. The van der Waals surface area contributed by atoms with Gasteiger partial charge < -0.3 is 4.74 Å². The largest absolute Gasteiger partial charge is 0.353 e. The fourth-order valence-electron chi connectivity index (χ4n) is 0.287. The number of nitrogens with zero attached hydrogens (tertiary/aromatic N) is 1. The summed E-state index contributed by atoms with van der Waals surface area (Å²) in [6, 6.07) is 0. The molecule has 0 aliphatic rings. The van der Waals surface area contributed by atoms with Gasteiger partial charge in [-0.3, -0.25) is 4.90 Å². The first-order valence-corrected chi connectivity index (χ1v) is 2.43. The van der Waals surface area contributed by atoms with Crippen molar-refractivity contribution in [1.82, 2.24) is 4.90 Å². The maximum atomic E-state index is 4.93. The normalized spacial score (nSPS) is 9.25. The summed E-state index contributed by atoms with van der Waals surface area (Å²) < 4.78 is 4.93. The third-order valence-corrected chi connectivity index (χ3v) is 0.535. The van der Waals surface area contributed by atoms with Gasteiger partial charge in [-0.1, -0.05) is 5.92 Å². The lowest BCUT2D eigenvalue weighted by molar-refractivity contribution is 0.0782. The van der Waals surface area contributed by atoms with Crippen molar-refractivity contribution in [3.8, 4) is 12.3 Å². The van der Waals surface area contributed by atoms with Crippen LogP contribution in [0.5, 0.6) is 0 Å². The Hall–Kier alpha value is -0.520. The minimum absolute atomic E-state index is 0.401. The van der Waals surface area contributed by atoms with Gasteiger partial charge in [0, 0.05) is 0 Å². The number of ether oxygens (including phenoxy) is 1. The van der Waals surface area contributed by atoms with Crippen LogP contribution < -0.4 is 0 Å². The maximum absolute atomic E-state index is 4.93. The van der Waals surface area contributed by atoms with E-state index in [1.165, 1.54) is 0 Å². The van der Waals surface area contributed by atoms with Crippen molar-refractivity contribution in [1.29, 1.82) is 0 Å². The van der Waals surface area contributed by atoms with Crippen LogP contribution in [0.25, 0.3) is 0 Å². The Morgan fingerprint density at radius 1 is 1.62 bits per heavy atom. The zero-order valence-electron chi connectivity index (χ0n) is 5.35. The highest BCUT2D eigenvalue weighted by Crippen LogP contribution is 1.74. The Morgan fingerprint density at radius 2 is 2.25 bits per heavy atom. The van der Waals surface area contributed by atoms with Gasteiger partial charge in [-0.05, 0) is 14.1 Å². The zero-order chi connectivity index (χ0) is 6.41. The second kappa shape index (κ2) is 4.63. The van der Waals surface area contributed by atoms with Crippen LogP contribution in [0.4, 0.5) is 0 Å². The Morgan fingerprint density at radius 3 is 2.62 bits per heavy atom. The van der Waals surface area contributed by atoms with Crippen molar-refractivity contribution in [2.45, 2.75) is 0 Å². The molecule has 0 saturated carbocycles. The molecule has 0 aliphatic heterocycles. The van der Waals surface area contributed by atoms with Crippen LogP contribution in [-0.2, 0) is 4.74 Å². The van der Waals surface area contributed by atoms with E-state index in [1.807, 2.05) is 19.0 Å². The first-order valence-electron chi connectivity index (χ1n) is 2.43. The fourth-order valence-corrected chi connectivity index (χ4v) is 0.287. The van der Waals surface area contributed by atoms with Crippen molar-refractivity contribution < 1.29 is 4.74 Å². The topological polar surface area (TPSA) is 12.5 Å². The first-order chi connectivity index (χ1) is 3.77. The molecule has 0 aromatic heterocycles. The molecule has 0 amide bonds. The summed E-state index contributed by atoms with van der Waals surface area (Å²) in [4.78, 5) is 1.91. The molecule has 46 valence electrons. The Kier molecular flexibility index (Phi) is 4.33. The van der Waals surface area contributed by atoms with E-state index < -0.39 is 0 Å². The van der Waals surface area contributed by atoms with Crippen molar-refractivity contribution in [2.24, 2.45) is 0 Å². The molecule has 0 N–H and O–H groups in total. The van der Waals surface area contributed by atoms with Crippen LogP contribution in [0, 0.1) is 12.3 Å². The highest BCUT2D eigenvalue weighted by molar-refractivity contribution is 4.82. The van der Waals surface area contributed by atoms with E-state index in [4.69, 9.17) is 11.2 Å². The quantitative estimate of drug-likeness (QED) is 0.293. The first kappa shape index (κ1) is 7.48. The summed E-state index contributed by atoms with van der Waals surface area (Å²) in [6.45, 7) is 1.00. The smallest absolute Gasteiger partial charge is 0.109 e. The van der Waals surface area contributed by atoms with E-state index in [1.54, 1.807) is 0 Å². The van der Waals surface area contributed by atoms with E-state index in [0.717, 1.165) is 0 Å². The van der Waals surface area contributed by atoms with Gasteiger partial charge >= 0.3 is 0 Å². The average Bonchev–Trinajstić information content (AvgIpc) is 1.66. The highest BCUT2D eigenvalue weighted by Gasteiger charge is 1.83. The third-order valence-electron chi connectivity index (χ3n) is 0.535. The molecule has 2 heteroatoms. The fraction of sp³-hybridized carbons (Fsp3) is 0.667. The minimum atomic E-state index is 0.401. The predicted octanol–water partition coefficient (Wildman–Crippen LogP) is 0.155. The molecule has 0 bridgehead atoms. The second-order valence-electron chi connectivity index (χ2n) is 1.76. The molecule has 0 atom stereocenters. The maximum Gasteiger partial charge on any atom is 0.109 e. The van der Waals surface area contributed by atoms with Crippen LogP contribution in [0.2, 0.25) is 0 Å². The molecule has 0 spiro atoms. The molecular formula is C6H11NO. The van der Waals surface area contributed by atoms with Gasteiger partial charge in [0.2, 0.25) is 0 Å². The number of hydrogen-bond acceptors (Lipinski definition) is 2. The molecule has 8 heavy (non-hydrogen) atoms.